The number of fused-ring (bicyclic) bond motifs is 4. The van der Waals surface area contributed by atoms with Gasteiger partial charge in [-0.15, -0.1) is 0 Å². The number of para-hydroxylation sites is 1. The maximum Gasteiger partial charge on any atom is 0.246 e. The zero-order chi connectivity index (χ0) is 25.7. The van der Waals surface area contributed by atoms with Crippen LogP contribution in [0.1, 0.15) is 28.4 Å². The largest absolute Gasteiger partial charge is 0.595 e. The molecule has 0 saturated carbocycles. The highest BCUT2D eigenvalue weighted by Crippen LogP contribution is 2.42. The van der Waals surface area contributed by atoms with Gasteiger partial charge in [0.05, 0.1) is 12.6 Å². The Labute approximate surface area is 218 Å². The van der Waals surface area contributed by atoms with E-state index in [2.05, 4.69) is 4.98 Å². The number of rotatable bonds is 5. The number of hydrogen-bond donors (Lipinski definition) is 3. The Bertz CT molecular complexity index is 1480. The van der Waals surface area contributed by atoms with E-state index < -0.39 is 17.3 Å². The third kappa shape index (κ3) is 4.18. The number of aromatic nitrogens is 1. The van der Waals surface area contributed by atoms with Crippen LogP contribution in [0.5, 0.6) is 0 Å². The molecule has 0 spiro atoms. The van der Waals surface area contributed by atoms with E-state index in [9.17, 15) is 20.0 Å². The van der Waals surface area contributed by atoms with Gasteiger partial charge in [-0.3, -0.25) is 9.59 Å². The highest BCUT2D eigenvalue weighted by molar-refractivity contribution is 6.30. The van der Waals surface area contributed by atoms with E-state index in [-0.39, 0.29) is 24.0 Å². The van der Waals surface area contributed by atoms with Gasteiger partial charge in [0.1, 0.15) is 6.04 Å². The maximum atomic E-state index is 13.8. The van der Waals surface area contributed by atoms with Crippen LogP contribution in [0.25, 0.3) is 10.9 Å². The molecule has 37 heavy (non-hydrogen) atoms. The average molecular weight is 517 g/mol. The van der Waals surface area contributed by atoms with Gasteiger partial charge in [-0.05, 0) is 41.3 Å². The first-order valence-corrected chi connectivity index (χ1v) is 12.6. The molecule has 1 fully saturated rings. The van der Waals surface area contributed by atoms with Crippen LogP contribution in [0.3, 0.4) is 0 Å². The van der Waals surface area contributed by atoms with Crippen molar-refractivity contribution in [3.63, 3.8) is 0 Å². The monoisotopic (exact) mass is 516 g/mol. The molecule has 2 amide bonds. The highest BCUT2D eigenvalue weighted by atomic mass is 35.5. The van der Waals surface area contributed by atoms with Crippen LogP contribution >= 0.6 is 11.6 Å². The lowest BCUT2D eigenvalue weighted by Crippen LogP contribution is -2.99. The standard InChI is InChI=1S/C28H25ClN4O4/c29-19-9-5-17(6-10-19)13-14-31-16-25(34)32-24(28(31)35)15-22-21-3-1-2-4-23(21)30-26(22)27(32)18-7-11-20(12-8-18)33(36)37/h1-12,24,27,30,33,36H,13-16H2. The SMILES string of the molecule is O=C1C2Cc3c([nH]c4ccccc34)C(c3ccc([NH+]([O-])O)cc3)N2C(=O)CN1CCc1ccc(Cl)cc1. The number of aromatic amines is 1. The minimum atomic E-state index is -1.01. The van der Waals surface area contributed by atoms with Crippen molar-refractivity contribution in [1.29, 1.82) is 0 Å². The summed E-state index contributed by atoms with van der Waals surface area (Å²) in [4.78, 5) is 34.3. The minimum absolute atomic E-state index is 0.00218. The van der Waals surface area contributed by atoms with Crippen LogP contribution in [-0.4, -0.2) is 50.9 Å². The summed E-state index contributed by atoms with van der Waals surface area (Å²) in [5.41, 5.74) is 4.81. The number of H-pyrrole nitrogens is 1. The third-order valence-corrected chi connectivity index (χ3v) is 7.65. The van der Waals surface area contributed by atoms with Gasteiger partial charge < -0.3 is 20.0 Å². The predicted molar refractivity (Wildman–Crippen MR) is 138 cm³/mol. The van der Waals surface area contributed by atoms with Crippen molar-refractivity contribution in [1.82, 2.24) is 14.8 Å². The molecule has 2 aliphatic heterocycles. The number of nitrogens with zero attached hydrogens (tertiary/aromatic N) is 2. The molecule has 2 aliphatic rings. The number of amides is 2. The number of quaternary nitrogens is 1. The lowest BCUT2D eigenvalue weighted by Gasteiger charge is -2.47. The molecular weight excluding hydrogens is 492 g/mol. The molecule has 188 valence electrons. The van der Waals surface area contributed by atoms with Crippen molar-refractivity contribution in [2.75, 3.05) is 13.1 Å². The molecule has 0 radical (unpaired) electrons. The Morgan fingerprint density at radius 1 is 1.03 bits per heavy atom. The van der Waals surface area contributed by atoms with Crippen molar-refractivity contribution in [2.24, 2.45) is 0 Å². The summed E-state index contributed by atoms with van der Waals surface area (Å²) < 4.78 is 0. The molecule has 0 aliphatic carbocycles. The van der Waals surface area contributed by atoms with Crippen molar-refractivity contribution >= 4 is 40.0 Å². The van der Waals surface area contributed by atoms with Crippen LogP contribution < -0.4 is 5.23 Å². The van der Waals surface area contributed by atoms with Gasteiger partial charge in [-0.2, -0.15) is 5.23 Å². The molecule has 8 nitrogen and oxygen atoms in total. The topological polar surface area (TPSA) is 104 Å². The van der Waals surface area contributed by atoms with Crippen molar-refractivity contribution in [3.05, 3.63) is 105 Å². The van der Waals surface area contributed by atoms with Gasteiger partial charge in [0.25, 0.3) is 0 Å². The van der Waals surface area contributed by atoms with Crippen molar-refractivity contribution in [2.45, 2.75) is 24.9 Å². The summed E-state index contributed by atoms with van der Waals surface area (Å²) in [6, 6.07) is 20.8. The van der Waals surface area contributed by atoms with E-state index in [1.807, 2.05) is 48.5 Å². The Morgan fingerprint density at radius 2 is 1.76 bits per heavy atom. The molecule has 1 saturated heterocycles. The molecule has 0 bridgehead atoms. The lowest BCUT2D eigenvalue weighted by atomic mass is 9.86. The summed E-state index contributed by atoms with van der Waals surface area (Å²) >= 11 is 5.99. The average Bonchev–Trinajstić information content (AvgIpc) is 3.28. The Hall–Kier alpha value is -3.69. The maximum absolute atomic E-state index is 13.8. The number of carbonyl (C=O) groups is 2. The van der Waals surface area contributed by atoms with E-state index in [0.717, 1.165) is 33.3 Å². The molecule has 3 heterocycles. The van der Waals surface area contributed by atoms with Crippen LogP contribution in [0.2, 0.25) is 5.02 Å². The van der Waals surface area contributed by atoms with Gasteiger partial charge in [0.2, 0.25) is 11.8 Å². The zero-order valence-electron chi connectivity index (χ0n) is 19.9. The number of halogens is 1. The zero-order valence-corrected chi connectivity index (χ0v) is 20.6. The van der Waals surface area contributed by atoms with Crippen molar-refractivity contribution < 1.29 is 20.0 Å². The summed E-state index contributed by atoms with van der Waals surface area (Å²) in [7, 11) is 0. The minimum Gasteiger partial charge on any atom is -0.595 e. The fourth-order valence-corrected chi connectivity index (χ4v) is 5.71. The second kappa shape index (κ2) is 9.32. The summed E-state index contributed by atoms with van der Waals surface area (Å²) in [6.45, 7) is 0.442. The highest BCUT2D eigenvalue weighted by Gasteiger charge is 2.48. The fraction of sp³-hybridized carbons (Fsp3) is 0.214. The van der Waals surface area contributed by atoms with E-state index in [0.29, 0.717) is 24.4 Å². The van der Waals surface area contributed by atoms with E-state index in [1.165, 1.54) is 12.1 Å². The number of carbonyl (C=O) groups excluding carboxylic acids is 2. The number of nitrogens with one attached hydrogen (secondary N) is 2. The van der Waals surface area contributed by atoms with Crippen LogP contribution in [0.15, 0.2) is 72.8 Å². The van der Waals surface area contributed by atoms with Gasteiger partial charge in [0.15, 0.2) is 5.69 Å². The smallest absolute Gasteiger partial charge is 0.246 e. The predicted octanol–water partition coefficient (Wildman–Crippen LogP) is 3.15. The molecule has 3 atom stereocenters. The molecule has 4 aromatic rings. The summed E-state index contributed by atoms with van der Waals surface area (Å²) in [5, 5.41) is 21.4. The van der Waals surface area contributed by atoms with Gasteiger partial charge >= 0.3 is 0 Å². The Kier molecular flexibility index (Phi) is 5.97. The van der Waals surface area contributed by atoms with Gasteiger partial charge in [-0.1, -0.05) is 54.1 Å². The molecule has 3 unspecified atom stereocenters. The van der Waals surface area contributed by atoms with Gasteiger partial charge in [-0.25, -0.2) is 5.21 Å². The Morgan fingerprint density at radius 3 is 2.49 bits per heavy atom. The quantitative estimate of drug-likeness (QED) is 0.354. The number of hydrogen-bond acceptors (Lipinski definition) is 4. The van der Waals surface area contributed by atoms with E-state index in [4.69, 9.17) is 11.6 Å². The molecular formula is C28H25ClN4O4. The van der Waals surface area contributed by atoms with Crippen molar-refractivity contribution in [3.8, 4) is 0 Å². The lowest BCUT2D eigenvalue weighted by molar-refractivity contribution is -0.991. The summed E-state index contributed by atoms with van der Waals surface area (Å²) in [5.74, 6) is -0.200. The summed E-state index contributed by atoms with van der Waals surface area (Å²) in [6.07, 6.45) is 1.05. The normalized spacial score (nSPS) is 20.2. The molecule has 3 N–H and O–H groups in total. The second-order valence-electron chi connectivity index (χ2n) is 9.55. The number of benzene rings is 3. The molecule has 1 aromatic heterocycles. The van der Waals surface area contributed by atoms with Crippen LogP contribution in [0.4, 0.5) is 5.69 Å². The molecule has 9 heteroatoms. The first-order chi connectivity index (χ1) is 17.9. The third-order valence-electron chi connectivity index (χ3n) is 7.40. The fourth-order valence-electron chi connectivity index (χ4n) is 5.58. The van der Waals surface area contributed by atoms with Gasteiger partial charge in [0, 0.05) is 46.7 Å². The first kappa shape index (κ1) is 23.7. The van der Waals surface area contributed by atoms with E-state index in [1.54, 1.807) is 21.9 Å². The molecule has 3 aromatic carbocycles. The second-order valence-corrected chi connectivity index (χ2v) is 9.99. The van der Waals surface area contributed by atoms with Crippen LogP contribution in [0, 0.1) is 5.21 Å². The van der Waals surface area contributed by atoms with E-state index >= 15 is 0 Å². The van der Waals surface area contributed by atoms with Crippen LogP contribution in [-0.2, 0) is 22.4 Å². The first-order valence-electron chi connectivity index (χ1n) is 12.2. The molecule has 6 rings (SSSR count). The Balaban J connectivity index is 1.37. The number of piperazine rings is 1.